The van der Waals surface area contributed by atoms with E-state index in [0.29, 0.717) is 26.4 Å². The highest BCUT2D eigenvalue weighted by Crippen LogP contribution is 2.21. The Hall–Kier alpha value is -4.06. The number of aryl methyl sites for hydroxylation is 2. The highest BCUT2D eigenvalue weighted by atomic mass is 16.5. The summed E-state index contributed by atoms with van der Waals surface area (Å²) < 4.78 is 12.4. The van der Waals surface area contributed by atoms with E-state index in [-0.39, 0.29) is 12.1 Å². The van der Waals surface area contributed by atoms with Gasteiger partial charge in [-0.3, -0.25) is 0 Å². The Bertz CT molecular complexity index is 1410. The monoisotopic (exact) mass is 584 g/mol. The standard InChI is InChI=1S/C40H44N2O2/c1-31-23-32(2)38(26-42-40(36-21-13-6-14-22-36)30-44-28-34-17-9-4-10-18-34)24-37(31)25-41-39(35-19-11-5-12-20-35)29-43-27-33-15-7-3-8-16-33/h3-24,39-42H,25-30H2,1-2H3/t39-,40-/m1/s1. The van der Waals surface area contributed by atoms with Gasteiger partial charge in [0.05, 0.1) is 38.5 Å². The molecule has 226 valence electrons. The second-order valence-corrected chi connectivity index (χ2v) is 11.4. The number of ether oxygens (including phenoxy) is 2. The van der Waals surface area contributed by atoms with Crippen LogP contribution in [0.4, 0.5) is 0 Å². The lowest BCUT2D eigenvalue weighted by molar-refractivity contribution is 0.0979. The lowest BCUT2D eigenvalue weighted by atomic mass is 9.98. The Kier molecular flexibility index (Phi) is 11.9. The summed E-state index contributed by atoms with van der Waals surface area (Å²) in [6, 6.07) is 46.7. The molecule has 0 heterocycles. The number of benzene rings is 5. The predicted octanol–water partition coefficient (Wildman–Crippen LogP) is 8.40. The highest BCUT2D eigenvalue weighted by molar-refractivity contribution is 5.37. The van der Waals surface area contributed by atoms with Crippen LogP contribution in [-0.2, 0) is 35.8 Å². The van der Waals surface area contributed by atoms with Gasteiger partial charge in [-0.25, -0.2) is 0 Å². The fraction of sp³-hybridized carbons (Fsp3) is 0.250. The SMILES string of the molecule is Cc1cc(C)c(CN[C@H](COCc2ccccc2)c2ccccc2)cc1CN[C@H](COCc1ccccc1)c1ccccc1. The average Bonchev–Trinajstić information content (AvgIpc) is 3.07. The molecule has 4 heteroatoms. The molecule has 0 spiro atoms. The zero-order chi connectivity index (χ0) is 30.4. The van der Waals surface area contributed by atoms with Gasteiger partial charge in [-0.15, -0.1) is 0 Å². The average molecular weight is 585 g/mol. The zero-order valence-electron chi connectivity index (χ0n) is 25.9. The fourth-order valence-electron chi connectivity index (χ4n) is 5.45. The summed E-state index contributed by atoms with van der Waals surface area (Å²) in [5.74, 6) is 0. The number of hydrogen-bond donors (Lipinski definition) is 2. The van der Waals surface area contributed by atoms with Gasteiger partial charge in [0.1, 0.15) is 0 Å². The molecule has 0 unspecified atom stereocenters. The van der Waals surface area contributed by atoms with Gasteiger partial charge in [-0.1, -0.05) is 133 Å². The van der Waals surface area contributed by atoms with Crippen LogP contribution < -0.4 is 10.6 Å². The van der Waals surface area contributed by atoms with Crippen LogP contribution in [0.25, 0.3) is 0 Å². The summed E-state index contributed by atoms with van der Waals surface area (Å²) >= 11 is 0. The topological polar surface area (TPSA) is 42.5 Å². The minimum atomic E-state index is 0.0893. The van der Waals surface area contributed by atoms with Crippen molar-refractivity contribution in [2.75, 3.05) is 13.2 Å². The van der Waals surface area contributed by atoms with E-state index in [0.717, 1.165) is 13.1 Å². The lowest BCUT2D eigenvalue weighted by Gasteiger charge is -2.22. The van der Waals surface area contributed by atoms with Gasteiger partial charge in [-0.2, -0.15) is 0 Å². The first-order valence-electron chi connectivity index (χ1n) is 15.5. The van der Waals surface area contributed by atoms with Crippen LogP contribution in [0, 0.1) is 13.8 Å². The Morgan fingerprint density at radius 1 is 0.477 bits per heavy atom. The maximum absolute atomic E-state index is 6.18. The quantitative estimate of drug-likeness (QED) is 0.122. The molecule has 5 aromatic carbocycles. The fourth-order valence-corrected chi connectivity index (χ4v) is 5.45. The summed E-state index contributed by atoms with van der Waals surface area (Å²) in [5.41, 5.74) is 10.0. The molecule has 2 N–H and O–H groups in total. The van der Waals surface area contributed by atoms with Crippen molar-refractivity contribution in [1.29, 1.82) is 0 Å². The Labute approximate surface area is 263 Å². The van der Waals surface area contributed by atoms with Crippen LogP contribution in [0.1, 0.15) is 56.6 Å². The third-order valence-corrected chi connectivity index (χ3v) is 8.07. The minimum absolute atomic E-state index is 0.0893. The predicted molar refractivity (Wildman–Crippen MR) is 180 cm³/mol. The summed E-state index contributed by atoms with van der Waals surface area (Å²) in [6.07, 6.45) is 0. The van der Waals surface area contributed by atoms with Crippen molar-refractivity contribution in [3.63, 3.8) is 0 Å². The van der Waals surface area contributed by atoms with Gasteiger partial charge >= 0.3 is 0 Å². The van der Waals surface area contributed by atoms with E-state index < -0.39 is 0 Å². The van der Waals surface area contributed by atoms with Crippen LogP contribution in [0.2, 0.25) is 0 Å². The first kappa shape index (κ1) is 31.4. The maximum atomic E-state index is 6.18. The van der Waals surface area contributed by atoms with E-state index in [9.17, 15) is 0 Å². The summed E-state index contributed by atoms with van der Waals surface area (Å²) in [7, 11) is 0. The van der Waals surface area contributed by atoms with Crippen molar-refractivity contribution >= 4 is 0 Å². The Morgan fingerprint density at radius 3 is 1.23 bits per heavy atom. The van der Waals surface area contributed by atoms with E-state index in [4.69, 9.17) is 9.47 Å². The van der Waals surface area contributed by atoms with Crippen molar-refractivity contribution in [3.8, 4) is 0 Å². The molecule has 5 aromatic rings. The third kappa shape index (κ3) is 9.47. The minimum Gasteiger partial charge on any atom is -0.375 e. The van der Waals surface area contributed by atoms with Gasteiger partial charge in [-0.05, 0) is 58.4 Å². The molecule has 0 saturated heterocycles. The van der Waals surface area contributed by atoms with Crippen molar-refractivity contribution in [3.05, 3.63) is 178 Å². The molecule has 44 heavy (non-hydrogen) atoms. The van der Waals surface area contributed by atoms with Gasteiger partial charge < -0.3 is 20.1 Å². The Balaban J connectivity index is 1.23. The smallest absolute Gasteiger partial charge is 0.0717 e. The molecule has 0 amide bonds. The van der Waals surface area contributed by atoms with Crippen LogP contribution in [0.15, 0.2) is 133 Å². The largest absolute Gasteiger partial charge is 0.375 e. The van der Waals surface area contributed by atoms with Crippen LogP contribution in [0.3, 0.4) is 0 Å². The maximum Gasteiger partial charge on any atom is 0.0717 e. The number of rotatable bonds is 16. The normalized spacial score (nSPS) is 12.6. The second-order valence-electron chi connectivity index (χ2n) is 11.4. The van der Waals surface area contributed by atoms with Gasteiger partial charge in [0.15, 0.2) is 0 Å². The van der Waals surface area contributed by atoms with E-state index >= 15 is 0 Å². The van der Waals surface area contributed by atoms with Crippen molar-refractivity contribution in [2.24, 2.45) is 0 Å². The molecule has 0 fully saturated rings. The molecule has 0 aliphatic rings. The molecule has 2 atom stereocenters. The number of hydrogen-bond acceptors (Lipinski definition) is 4. The van der Waals surface area contributed by atoms with Crippen LogP contribution >= 0.6 is 0 Å². The molecule has 5 rings (SSSR count). The van der Waals surface area contributed by atoms with E-state index in [1.54, 1.807) is 0 Å². The first-order valence-corrected chi connectivity index (χ1v) is 15.5. The second kappa shape index (κ2) is 16.7. The first-order chi connectivity index (χ1) is 21.7. The van der Waals surface area contributed by atoms with E-state index in [1.807, 2.05) is 12.1 Å². The molecule has 4 nitrogen and oxygen atoms in total. The van der Waals surface area contributed by atoms with Crippen molar-refractivity contribution in [1.82, 2.24) is 10.6 Å². The van der Waals surface area contributed by atoms with Gasteiger partial charge in [0.2, 0.25) is 0 Å². The van der Waals surface area contributed by atoms with Crippen LogP contribution in [0.5, 0.6) is 0 Å². The van der Waals surface area contributed by atoms with E-state index in [1.165, 1.54) is 44.5 Å². The molecule has 0 radical (unpaired) electrons. The Morgan fingerprint density at radius 2 is 0.841 bits per heavy atom. The molecular formula is C40H44N2O2. The molecule has 0 saturated carbocycles. The molecular weight excluding hydrogens is 540 g/mol. The van der Waals surface area contributed by atoms with Crippen molar-refractivity contribution < 1.29 is 9.47 Å². The van der Waals surface area contributed by atoms with Gasteiger partial charge in [0, 0.05) is 13.1 Å². The van der Waals surface area contributed by atoms with Crippen molar-refractivity contribution in [2.45, 2.75) is 52.2 Å². The molecule has 0 aromatic heterocycles. The summed E-state index contributed by atoms with van der Waals surface area (Å²) in [6.45, 7) is 8.32. The molecule has 0 bridgehead atoms. The lowest BCUT2D eigenvalue weighted by Crippen LogP contribution is -2.27. The number of nitrogens with one attached hydrogen (secondary N) is 2. The molecule has 0 aliphatic heterocycles. The zero-order valence-corrected chi connectivity index (χ0v) is 25.9. The summed E-state index contributed by atoms with van der Waals surface area (Å²) in [5, 5.41) is 7.59. The van der Waals surface area contributed by atoms with Gasteiger partial charge in [0.25, 0.3) is 0 Å². The third-order valence-electron chi connectivity index (χ3n) is 8.07. The van der Waals surface area contributed by atoms with E-state index in [2.05, 4.69) is 146 Å². The van der Waals surface area contributed by atoms with Crippen LogP contribution in [-0.4, -0.2) is 13.2 Å². The highest BCUT2D eigenvalue weighted by Gasteiger charge is 2.15. The molecule has 0 aliphatic carbocycles. The summed E-state index contributed by atoms with van der Waals surface area (Å²) in [4.78, 5) is 0.